The maximum absolute atomic E-state index is 13.4. The van der Waals surface area contributed by atoms with Crippen molar-refractivity contribution in [2.75, 3.05) is 17.2 Å². The summed E-state index contributed by atoms with van der Waals surface area (Å²) in [5, 5.41) is 8.68. The lowest BCUT2D eigenvalue weighted by Crippen LogP contribution is -2.26. The molecule has 0 saturated heterocycles. The van der Waals surface area contributed by atoms with Gasteiger partial charge in [0.15, 0.2) is 0 Å². The molecule has 0 aliphatic heterocycles. The summed E-state index contributed by atoms with van der Waals surface area (Å²) in [6, 6.07) is 19.5. The fourth-order valence-electron chi connectivity index (χ4n) is 4.41. The number of benzene rings is 2. The van der Waals surface area contributed by atoms with Crippen LogP contribution >= 0.6 is 0 Å². The molecule has 0 radical (unpaired) electrons. The molecule has 4 rings (SSSR count). The van der Waals surface area contributed by atoms with Crippen molar-refractivity contribution in [3.8, 4) is 5.75 Å². The Morgan fingerprint density at radius 2 is 1.51 bits per heavy atom. The van der Waals surface area contributed by atoms with Crippen LogP contribution < -0.4 is 20.7 Å². The molecule has 0 saturated carbocycles. The van der Waals surface area contributed by atoms with Gasteiger partial charge in [0.05, 0.1) is 28.8 Å². The Labute approximate surface area is 264 Å². The first-order valence-corrected chi connectivity index (χ1v) is 15.0. The fraction of sp³-hybridized carbons (Fsp3) is 0.306. The Morgan fingerprint density at radius 3 is 2.16 bits per heavy atom. The summed E-state index contributed by atoms with van der Waals surface area (Å²) < 4.78 is 5.77. The molecule has 2 aromatic heterocycles. The number of amides is 3. The zero-order valence-corrected chi connectivity index (χ0v) is 26.7. The molecule has 0 unspecified atom stereocenters. The predicted molar refractivity (Wildman–Crippen MR) is 177 cm³/mol. The summed E-state index contributed by atoms with van der Waals surface area (Å²) in [4.78, 5) is 48.1. The van der Waals surface area contributed by atoms with Gasteiger partial charge in [-0.25, -0.2) is 0 Å². The Morgan fingerprint density at radius 1 is 0.822 bits per heavy atom. The number of hydrogen-bond acceptors (Lipinski definition) is 6. The average molecular weight is 608 g/mol. The topological polar surface area (TPSA) is 122 Å². The molecule has 0 spiro atoms. The molecule has 3 N–H and O–H groups in total. The molecular weight excluding hydrogens is 566 g/mol. The van der Waals surface area contributed by atoms with E-state index in [1.165, 1.54) is 6.20 Å². The number of rotatable bonds is 11. The van der Waals surface area contributed by atoms with E-state index in [1.807, 2.05) is 45.0 Å². The van der Waals surface area contributed by atoms with Gasteiger partial charge in [-0.05, 0) is 90.9 Å². The van der Waals surface area contributed by atoms with Crippen molar-refractivity contribution >= 4 is 29.1 Å². The molecule has 2 heterocycles. The lowest BCUT2D eigenvalue weighted by molar-refractivity contribution is 0.0951. The van der Waals surface area contributed by atoms with Gasteiger partial charge in [-0.15, -0.1) is 0 Å². The van der Waals surface area contributed by atoms with E-state index in [4.69, 9.17) is 4.74 Å². The Kier molecular flexibility index (Phi) is 10.7. The number of anilines is 2. The number of nitrogens with zero attached hydrogens (tertiary/aromatic N) is 2. The van der Waals surface area contributed by atoms with Crippen molar-refractivity contribution in [1.82, 2.24) is 15.3 Å². The second-order valence-electron chi connectivity index (χ2n) is 12.4. The highest BCUT2D eigenvalue weighted by atomic mass is 16.5. The quantitative estimate of drug-likeness (QED) is 0.170. The predicted octanol–water partition coefficient (Wildman–Crippen LogP) is 6.94. The van der Waals surface area contributed by atoms with Gasteiger partial charge in [-0.1, -0.05) is 40.7 Å². The van der Waals surface area contributed by atoms with Crippen molar-refractivity contribution in [3.05, 3.63) is 113 Å². The molecule has 2 aromatic carbocycles. The minimum absolute atomic E-state index is 0.223. The molecule has 9 nitrogen and oxygen atoms in total. The summed E-state index contributed by atoms with van der Waals surface area (Å²) in [6.45, 7) is 12.9. The summed E-state index contributed by atoms with van der Waals surface area (Å²) in [5.74, 6) is 0.113. The van der Waals surface area contributed by atoms with Gasteiger partial charge in [-0.2, -0.15) is 0 Å². The largest absolute Gasteiger partial charge is 0.487 e. The zero-order chi connectivity index (χ0) is 32.6. The first-order valence-electron chi connectivity index (χ1n) is 15.0. The highest BCUT2D eigenvalue weighted by Gasteiger charge is 2.21. The SMILES string of the molecule is Cc1ncc(NC(=O)c2cc(C(=O)NCCC(C)C)cc(C(C)(C)C)c2)cc1C(=O)Nc1ccc(OCc2ccccn2)cc1. The maximum atomic E-state index is 13.4. The van der Waals surface area contributed by atoms with E-state index < -0.39 is 5.91 Å². The number of hydrogen-bond donors (Lipinski definition) is 3. The monoisotopic (exact) mass is 607 g/mol. The lowest BCUT2D eigenvalue weighted by Gasteiger charge is -2.21. The van der Waals surface area contributed by atoms with Crippen LogP contribution in [0.4, 0.5) is 11.4 Å². The van der Waals surface area contributed by atoms with Crippen LogP contribution in [0.25, 0.3) is 0 Å². The molecular formula is C36H41N5O4. The molecule has 45 heavy (non-hydrogen) atoms. The molecule has 0 aliphatic rings. The first kappa shape index (κ1) is 32.9. The van der Waals surface area contributed by atoms with E-state index in [9.17, 15) is 14.4 Å². The Hall–Kier alpha value is -5.05. The van der Waals surface area contributed by atoms with E-state index in [1.54, 1.807) is 55.6 Å². The van der Waals surface area contributed by atoms with E-state index in [-0.39, 0.29) is 17.2 Å². The van der Waals surface area contributed by atoms with Crippen LogP contribution in [0.3, 0.4) is 0 Å². The average Bonchev–Trinajstić information content (AvgIpc) is 3.01. The number of ether oxygens (including phenoxy) is 1. The summed E-state index contributed by atoms with van der Waals surface area (Å²) in [7, 11) is 0. The smallest absolute Gasteiger partial charge is 0.257 e. The van der Waals surface area contributed by atoms with Crippen LogP contribution in [0.5, 0.6) is 5.75 Å². The normalized spacial score (nSPS) is 11.2. The van der Waals surface area contributed by atoms with Crippen LogP contribution in [0.15, 0.2) is 79.1 Å². The molecule has 234 valence electrons. The Bertz CT molecular complexity index is 1640. The summed E-state index contributed by atoms with van der Waals surface area (Å²) in [5.41, 5.74) is 3.92. The van der Waals surface area contributed by atoms with Crippen LogP contribution in [-0.2, 0) is 12.0 Å². The van der Waals surface area contributed by atoms with Gasteiger partial charge < -0.3 is 20.7 Å². The summed E-state index contributed by atoms with van der Waals surface area (Å²) >= 11 is 0. The number of aryl methyl sites for hydroxylation is 1. The van der Waals surface area contributed by atoms with Crippen molar-refractivity contribution in [3.63, 3.8) is 0 Å². The van der Waals surface area contributed by atoms with E-state index >= 15 is 0 Å². The van der Waals surface area contributed by atoms with Gasteiger partial charge in [0.2, 0.25) is 0 Å². The van der Waals surface area contributed by atoms with Crippen molar-refractivity contribution in [2.45, 2.75) is 60.0 Å². The third-order valence-electron chi connectivity index (χ3n) is 7.15. The van der Waals surface area contributed by atoms with Crippen LogP contribution in [0.2, 0.25) is 0 Å². The number of carbonyl (C=O) groups is 3. The molecule has 0 atom stereocenters. The minimum Gasteiger partial charge on any atom is -0.487 e. The zero-order valence-electron chi connectivity index (χ0n) is 26.7. The molecule has 0 bridgehead atoms. The van der Waals surface area contributed by atoms with Crippen molar-refractivity contribution < 1.29 is 19.1 Å². The highest BCUT2D eigenvalue weighted by molar-refractivity contribution is 6.08. The maximum Gasteiger partial charge on any atom is 0.257 e. The molecule has 9 heteroatoms. The first-order chi connectivity index (χ1) is 21.4. The van der Waals surface area contributed by atoms with Crippen LogP contribution in [0.1, 0.15) is 89.1 Å². The number of carbonyl (C=O) groups excluding carboxylic acids is 3. The molecule has 0 aliphatic carbocycles. The van der Waals surface area contributed by atoms with Gasteiger partial charge >= 0.3 is 0 Å². The van der Waals surface area contributed by atoms with E-state index in [0.717, 1.165) is 17.7 Å². The highest BCUT2D eigenvalue weighted by Crippen LogP contribution is 2.26. The summed E-state index contributed by atoms with van der Waals surface area (Å²) in [6.07, 6.45) is 4.08. The second kappa shape index (κ2) is 14.6. The van der Waals surface area contributed by atoms with Gasteiger partial charge in [-0.3, -0.25) is 24.4 Å². The number of aromatic nitrogens is 2. The van der Waals surface area contributed by atoms with E-state index in [0.29, 0.717) is 58.6 Å². The van der Waals surface area contributed by atoms with Gasteiger partial charge in [0, 0.05) is 29.6 Å². The van der Waals surface area contributed by atoms with Gasteiger partial charge in [0.1, 0.15) is 12.4 Å². The fourth-order valence-corrected chi connectivity index (χ4v) is 4.41. The number of pyridine rings is 2. The molecule has 0 fully saturated rings. The second-order valence-corrected chi connectivity index (χ2v) is 12.4. The van der Waals surface area contributed by atoms with Crippen LogP contribution in [-0.4, -0.2) is 34.2 Å². The molecule has 4 aromatic rings. The van der Waals surface area contributed by atoms with Crippen molar-refractivity contribution in [2.24, 2.45) is 5.92 Å². The third kappa shape index (κ3) is 9.47. The van der Waals surface area contributed by atoms with E-state index in [2.05, 4.69) is 39.8 Å². The van der Waals surface area contributed by atoms with Crippen LogP contribution in [0, 0.1) is 12.8 Å². The number of nitrogens with one attached hydrogen (secondary N) is 3. The van der Waals surface area contributed by atoms with Gasteiger partial charge in [0.25, 0.3) is 17.7 Å². The minimum atomic E-state index is -0.407. The lowest BCUT2D eigenvalue weighted by atomic mass is 9.85. The van der Waals surface area contributed by atoms with Crippen molar-refractivity contribution in [1.29, 1.82) is 0 Å². The third-order valence-corrected chi connectivity index (χ3v) is 7.15. The molecule has 3 amide bonds. The standard InChI is InChI=1S/C36H41N5O4/c1-23(2)14-16-38-33(42)25-17-26(19-27(18-25)36(4,5)6)34(43)41-30-20-32(24(3)39-21-30)35(44)40-28-10-12-31(13-11-28)45-22-29-9-7-8-15-37-29/h7-13,15,17-21,23H,14,16,22H2,1-6H3,(H,38,42)(H,40,44)(H,41,43). The Balaban J connectivity index is 1.45.